The molecule has 4 aromatic rings. The van der Waals surface area contributed by atoms with Crippen molar-refractivity contribution in [2.75, 3.05) is 6.54 Å². The molecule has 2 unspecified atom stereocenters. The maximum Gasteiger partial charge on any atom is 0.252 e. The number of halogens is 2. The number of amides is 1. The van der Waals surface area contributed by atoms with Crippen molar-refractivity contribution in [1.29, 1.82) is 0 Å². The van der Waals surface area contributed by atoms with Gasteiger partial charge in [0.25, 0.3) is 5.91 Å². The average Bonchev–Trinajstić information content (AvgIpc) is 3.35. The van der Waals surface area contributed by atoms with E-state index in [4.69, 9.17) is 23.2 Å². The van der Waals surface area contributed by atoms with E-state index >= 15 is 0 Å². The van der Waals surface area contributed by atoms with Crippen LogP contribution in [0.15, 0.2) is 67.0 Å². The Kier molecular flexibility index (Phi) is 6.78. The van der Waals surface area contributed by atoms with Gasteiger partial charge in [-0.05, 0) is 57.8 Å². The van der Waals surface area contributed by atoms with Crippen LogP contribution in [-0.2, 0) is 0 Å². The minimum atomic E-state index is -0.235. The summed E-state index contributed by atoms with van der Waals surface area (Å²) in [5.74, 6) is 0.270. The predicted octanol–water partition coefficient (Wildman–Crippen LogP) is 4.89. The Morgan fingerprint density at radius 1 is 1.00 bits per heavy atom. The van der Waals surface area contributed by atoms with Crippen molar-refractivity contribution in [3.63, 3.8) is 0 Å². The number of hydrogen-bond donors (Lipinski definition) is 2. The topological polar surface area (TPSA) is 96.5 Å². The number of carbonyl (C=O) groups is 1. The lowest BCUT2D eigenvalue weighted by Crippen LogP contribution is -2.31. The van der Waals surface area contributed by atoms with Crippen LogP contribution in [0.4, 0.5) is 0 Å². The number of nitrogens with one attached hydrogen (secondary N) is 2. The van der Waals surface area contributed by atoms with Crippen LogP contribution >= 0.6 is 23.2 Å². The van der Waals surface area contributed by atoms with Crippen LogP contribution in [0.5, 0.6) is 0 Å². The van der Waals surface area contributed by atoms with Gasteiger partial charge in [0.2, 0.25) is 0 Å². The van der Waals surface area contributed by atoms with Gasteiger partial charge < -0.3 is 5.32 Å². The van der Waals surface area contributed by atoms with Crippen molar-refractivity contribution >= 4 is 29.1 Å². The molecule has 9 heteroatoms. The van der Waals surface area contributed by atoms with Crippen LogP contribution in [0.25, 0.3) is 11.4 Å². The zero-order chi connectivity index (χ0) is 22.5. The molecule has 4 rings (SSSR count). The smallest absolute Gasteiger partial charge is 0.252 e. The molecule has 0 aliphatic carbocycles. The molecule has 0 spiro atoms. The Balaban J connectivity index is 1.59. The molecule has 2 N–H and O–H groups in total. The number of nitrogens with zero attached hydrogens (tertiary/aromatic N) is 4. The normalized spacial score (nSPS) is 12.8. The Morgan fingerprint density at radius 2 is 1.66 bits per heavy atom. The Hall–Kier alpha value is -3.29. The number of tetrazole rings is 1. The van der Waals surface area contributed by atoms with E-state index in [0.717, 1.165) is 11.1 Å². The summed E-state index contributed by atoms with van der Waals surface area (Å²) in [7, 11) is 0. The number of benzene rings is 2. The first-order chi connectivity index (χ1) is 15.5. The second-order valence-electron chi connectivity index (χ2n) is 7.38. The molecule has 32 heavy (non-hydrogen) atoms. The highest BCUT2D eigenvalue weighted by molar-refractivity contribution is 6.30. The van der Waals surface area contributed by atoms with Gasteiger partial charge in [0, 0.05) is 34.9 Å². The van der Waals surface area contributed by atoms with E-state index in [2.05, 4.69) is 37.8 Å². The van der Waals surface area contributed by atoms with E-state index in [1.54, 1.807) is 18.5 Å². The number of aromatic nitrogens is 5. The van der Waals surface area contributed by atoms with Crippen molar-refractivity contribution in [1.82, 2.24) is 30.9 Å². The lowest BCUT2D eigenvalue weighted by molar-refractivity contribution is 0.0950. The molecule has 2 aromatic heterocycles. The highest BCUT2D eigenvalue weighted by atomic mass is 35.5. The van der Waals surface area contributed by atoms with Crippen LogP contribution in [0.2, 0.25) is 10.0 Å². The van der Waals surface area contributed by atoms with Gasteiger partial charge >= 0.3 is 0 Å². The van der Waals surface area contributed by atoms with Crippen LogP contribution in [0.1, 0.15) is 40.2 Å². The molecule has 0 aliphatic heterocycles. The van der Waals surface area contributed by atoms with E-state index in [9.17, 15) is 4.79 Å². The number of aromatic amines is 1. The van der Waals surface area contributed by atoms with Gasteiger partial charge in [-0.15, -0.1) is 5.10 Å². The van der Waals surface area contributed by atoms with E-state index in [1.165, 1.54) is 0 Å². The summed E-state index contributed by atoms with van der Waals surface area (Å²) < 4.78 is 0. The minimum Gasteiger partial charge on any atom is -0.351 e. The molecule has 0 radical (unpaired) electrons. The molecule has 0 bridgehead atoms. The molecule has 0 saturated heterocycles. The molecule has 0 aliphatic rings. The monoisotopic (exact) mass is 466 g/mol. The fourth-order valence-corrected chi connectivity index (χ4v) is 3.90. The maximum absolute atomic E-state index is 13.1. The van der Waals surface area contributed by atoms with Gasteiger partial charge in [0.15, 0.2) is 5.82 Å². The second kappa shape index (κ2) is 9.89. The van der Waals surface area contributed by atoms with Gasteiger partial charge in [0.05, 0.1) is 11.1 Å². The molecule has 1 amide bonds. The molecule has 2 atom stereocenters. The minimum absolute atomic E-state index is 0.00891. The third-order valence-electron chi connectivity index (χ3n) is 5.45. The Morgan fingerprint density at radius 3 is 2.28 bits per heavy atom. The lowest BCUT2D eigenvalue weighted by atomic mass is 9.82. The SMILES string of the molecule is CC(c1ccc(Cl)cc1)C(CNC(=O)c1ccncc1-c1nnn[nH]1)c1ccc(Cl)cc1. The summed E-state index contributed by atoms with van der Waals surface area (Å²) in [5, 5.41) is 18.2. The first kappa shape index (κ1) is 21.9. The van der Waals surface area contributed by atoms with Crippen LogP contribution < -0.4 is 5.32 Å². The molecule has 162 valence electrons. The number of rotatable bonds is 7. The predicted molar refractivity (Wildman–Crippen MR) is 124 cm³/mol. The van der Waals surface area contributed by atoms with E-state index in [-0.39, 0.29) is 17.7 Å². The number of pyridine rings is 1. The summed E-state index contributed by atoms with van der Waals surface area (Å²) >= 11 is 12.2. The average molecular weight is 467 g/mol. The first-order valence-electron chi connectivity index (χ1n) is 10.00. The van der Waals surface area contributed by atoms with Crippen LogP contribution in [0.3, 0.4) is 0 Å². The van der Waals surface area contributed by atoms with Gasteiger partial charge in [-0.25, -0.2) is 5.10 Å². The standard InChI is InChI=1S/C23H20Cl2N6O/c1-14(15-2-6-17(24)7-3-15)20(16-4-8-18(25)9-5-16)13-27-23(32)19-10-11-26-12-21(19)22-28-30-31-29-22/h2-12,14,20H,13H2,1H3,(H,27,32)(H,28,29,30,31). The Bertz CT molecular complexity index is 1180. The molecule has 0 saturated carbocycles. The fraction of sp³-hybridized carbons (Fsp3) is 0.174. The molecule has 2 heterocycles. The molecule has 0 fully saturated rings. The zero-order valence-corrected chi connectivity index (χ0v) is 18.7. The zero-order valence-electron chi connectivity index (χ0n) is 17.2. The first-order valence-corrected chi connectivity index (χ1v) is 10.8. The van der Waals surface area contributed by atoms with Gasteiger partial charge in [-0.3, -0.25) is 9.78 Å². The van der Waals surface area contributed by atoms with Crippen molar-refractivity contribution in [2.45, 2.75) is 18.8 Å². The third-order valence-corrected chi connectivity index (χ3v) is 5.95. The molecular weight excluding hydrogens is 447 g/mol. The van der Waals surface area contributed by atoms with Crippen molar-refractivity contribution in [3.05, 3.63) is 93.7 Å². The third kappa shape index (κ3) is 4.95. The maximum atomic E-state index is 13.1. The van der Waals surface area contributed by atoms with Gasteiger partial charge in [0.1, 0.15) is 0 Å². The molecule has 7 nitrogen and oxygen atoms in total. The van der Waals surface area contributed by atoms with Crippen molar-refractivity contribution in [2.24, 2.45) is 0 Å². The molecule has 2 aromatic carbocycles. The van der Waals surface area contributed by atoms with E-state index in [1.807, 2.05) is 48.5 Å². The summed E-state index contributed by atoms with van der Waals surface area (Å²) in [5.41, 5.74) is 3.17. The lowest BCUT2D eigenvalue weighted by Gasteiger charge is -2.26. The summed E-state index contributed by atoms with van der Waals surface area (Å²) in [6.45, 7) is 2.55. The summed E-state index contributed by atoms with van der Waals surface area (Å²) in [6, 6.07) is 17.1. The number of carbonyl (C=O) groups excluding carboxylic acids is 1. The largest absolute Gasteiger partial charge is 0.351 e. The Labute approximate surface area is 195 Å². The number of H-pyrrole nitrogens is 1. The van der Waals surface area contributed by atoms with Crippen LogP contribution in [0, 0.1) is 0 Å². The van der Waals surface area contributed by atoms with Crippen LogP contribution in [-0.4, -0.2) is 38.1 Å². The summed E-state index contributed by atoms with van der Waals surface area (Å²) in [6.07, 6.45) is 3.12. The van der Waals surface area contributed by atoms with E-state index in [0.29, 0.717) is 33.5 Å². The number of hydrogen-bond acceptors (Lipinski definition) is 5. The van der Waals surface area contributed by atoms with Gasteiger partial charge in [-0.1, -0.05) is 54.4 Å². The van der Waals surface area contributed by atoms with E-state index < -0.39 is 0 Å². The fourth-order valence-electron chi connectivity index (χ4n) is 3.64. The van der Waals surface area contributed by atoms with Crippen molar-refractivity contribution in [3.8, 4) is 11.4 Å². The molecular formula is C23H20Cl2N6O. The highest BCUT2D eigenvalue weighted by Crippen LogP contribution is 2.33. The summed E-state index contributed by atoms with van der Waals surface area (Å²) in [4.78, 5) is 17.2. The quantitative estimate of drug-likeness (QED) is 0.404. The second-order valence-corrected chi connectivity index (χ2v) is 8.25. The van der Waals surface area contributed by atoms with Crippen molar-refractivity contribution < 1.29 is 4.79 Å². The highest BCUT2D eigenvalue weighted by Gasteiger charge is 2.23. The van der Waals surface area contributed by atoms with Gasteiger partial charge in [-0.2, -0.15) is 0 Å².